The van der Waals surface area contributed by atoms with Crippen LogP contribution in [0.1, 0.15) is 46.5 Å². The van der Waals surface area contributed by atoms with E-state index in [1.54, 1.807) is 26.8 Å². The SMILES string of the molecule is Cn1c(=O)oc2cc(NCC3CCC(NS(=O)(=O)C(C)(C)C)CC3)cc(F)c21. The zero-order chi connectivity index (χ0) is 20.7. The number of hydrogen-bond acceptors (Lipinski definition) is 5. The van der Waals surface area contributed by atoms with Gasteiger partial charge in [-0.05, 0) is 58.4 Å². The number of fused-ring (bicyclic) bond motifs is 1. The summed E-state index contributed by atoms with van der Waals surface area (Å²) in [5.74, 6) is -0.729. The van der Waals surface area contributed by atoms with Crippen molar-refractivity contribution in [1.29, 1.82) is 0 Å². The maximum atomic E-state index is 14.3. The lowest BCUT2D eigenvalue weighted by Crippen LogP contribution is -2.46. The highest BCUT2D eigenvalue weighted by Gasteiger charge is 2.32. The fraction of sp³-hybridized carbons (Fsp3) is 0.632. The van der Waals surface area contributed by atoms with Crippen molar-refractivity contribution >= 4 is 26.8 Å². The quantitative estimate of drug-likeness (QED) is 0.786. The molecule has 0 amide bonds. The molecule has 0 radical (unpaired) electrons. The Morgan fingerprint density at radius 1 is 1.21 bits per heavy atom. The summed E-state index contributed by atoms with van der Waals surface area (Å²) in [5, 5.41) is 3.21. The second-order valence-electron chi connectivity index (χ2n) is 8.56. The van der Waals surface area contributed by atoms with Crippen molar-refractivity contribution in [3.05, 3.63) is 28.5 Å². The minimum Gasteiger partial charge on any atom is -0.408 e. The average Bonchev–Trinajstić information content (AvgIpc) is 2.87. The van der Waals surface area contributed by atoms with Gasteiger partial charge in [-0.15, -0.1) is 0 Å². The Morgan fingerprint density at radius 2 is 1.86 bits per heavy atom. The summed E-state index contributed by atoms with van der Waals surface area (Å²) in [4.78, 5) is 11.6. The van der Waals surface area contributed by atoms with Crippen molar-refractivity contribution in [2.45, 2.75) is 57.2 Å². The van der Waals surface area contributed by atoms with Crippen LogP contribution in [0.5, 0.6) is 0 Å². The molecule has 3 rings (SSSR count). The highest BCUT2D eigenvalue weighted by molar-refractivity contribution is 7.90. The van der Waals surface area contributed by atoms with E-state index in [4.69, 9.17) is 4.42 Å². The second kappa shape index (κ2) is 7.51. The predicted octanol–water partition coefficient (Wildman–Crippen LogP) is 2.96. The lowest BCUT2D eigenvalue weighted by Gasteiger charge is -2.31. The third-order valence-electron chi connectivity index (χ3n) is 5.40. The molecule has 156 valence electrons. The van der Waals surface area contributed by atoms with Crippen LogP contribution in [0, 0.1) is 11.7 Å². The van der Waals surface area contributed by atoms with Gasteiger partial charge in [-0.1, -0.05) is 0 Å². The van der Waals surface area contributed by atoms with Gasteiger partial charge in [0.1, 0.15) is 5.52 Å². The summed E-state index contributed by atoms with van der Waals surface area (Å²) in [6, 6.07) is 2.95. The molecule has 1 aliphatic rings. The molecule has 1 heterocycles. The van der Waals surface area contributed by atoms with E-state index in [1.165, 1.54) is 13.1 Å². The van der Waals surface area contributed by atoms with Crippen molar-refractivity contribution < 1.29 is 17.2 Å². The molecular formula is C19H28FN3O4S. The zero-order valence-electron chi connectivity index (χ0n) is 16.7. The van der Waals surface area contributed by atoms with Crippen LogP contribution in [-0.2, 0) is 17.1 Å². The average molecular weight is 414 g/mol. The summed E-state index contributed by atoms with van der Waals surface area (Å²) >= 11 is 0. The fourth-order valence-corrected chi connectivity index (χ4v) is 4.50. The Bertz CT molecular complexity index is 1010. The summed E-state index contributed by atoms with van der Waals surface area (Å²) in [5.41, 5.74) is 0.937. The van der Waals surface area contributed by atoms with Gasteiger partial charge in [0.15, 0.2) is 11.4 Å². The minimum atomic E-state index is -3.34. The molecule has 1 saturated carbocycles. The van der Waals surface area contributed by atoms with Gasteiger partial charge in [0.2, 0.25) is 10.0 Å². The number of halogens is 1. The zero-order valence-corrected chi connectivity index (χ0v) is 17.5. The Kier molecular flexibility index (Phi) is 5.60. The van der Waals surface area contributed by atoms with Gasteiger partial charge >= 0.3 is 5.76 Å². The molecule has 0 bridgehead atoms. The number of sulfonamides is 1. The molecule has 28 heavy (non-hydrogen) atoms. The second-order valence-corrected chi connectivity index (χ2v) is 11.0. The van der Waals surface area contributed by atoms with E-state index in [-0.39, 0.29) is 17.1 Å². The van der Waals surface area contributed by atoms with Crippen LogP contribution in [0.25, 0.3) is 11.1 Å². The van der Waals surface area contributed by atoms with Gasteiger partial charge in [0.25, 0.3) is 0 Å². The Labute approximate surface area is 164 Å². The van der Waals surface area contributed by atoms with Crippen LogP contribution in [0.15, 0.2) is 21.3 Å². The monoisotopic (exact) mass is 413 g/mol. The number of aromatic nitrogens is 1. The number of anilines is 1. The predicted molar refractivity (Wildman–Crippen MR) is 107 cm³/mol. The maximum absolute atomic E-state index is 14.3. The van der Waals surface area contributed by atoms with Crippen LogP contribution in [-0.4, -0.2) is 30.3 Å². The van der Waals surface area contributed by atoms with Crippen molar-refractivity contribution in [3.63, 3.8) is 0 Å². The molecule has 0 aliphatic heterocycles. The van der Waals surface area contributed by atoms with Crippen molar-refractivity contribution in [2.24, 2.45) is 13.0 Å². The molecule has 1 fully saturated rings. The number of nitrogens with one attached hydrogen (secondary N) is 2. The normalized spacial score (nSPS) is 21.2. The number of hydrogen-bond donors (Lipinski definition) is 2. The summed E-state index contributed by atoms with van der Waals surface area (Å²) in [6.07, 6.45) is 3.33. The smallest absolute Gasteiger partial charge is 0.408 e. The molecule has 1 aliphatic carbocycles. The van der Waals surface area contributed by atoms with Gasteiger partial charge in [-0.2, -0.15) is 0 Å². The summed E-state index contributed by atoms with van der Waals surface area (Å²) < 4.78 is 47.1. The van der Waals surface area contributed by atoms with E-state index >= 15 is 0 Å². The van der Waals surface area contributed by atoms with Gasteiger partial charge in [0.05, 0.1) is 4.75 Å². The van der Waals surface area contributed by atoms with Crippen molar-refractivity contribution in [3.8, 4) is 0 Å². The van der Waals surface area contributed by atoms with Crippen LogP contribution in [0.4, 0.5) is 10.1 Å². The Morgan fingerprint density at radius 3 is 2.46 bits per heavy atom. The van der Waals surface area contributed by atoms with Crippen LogP contribution >= 0.6 is 0 Å². The van der Waals surface area contributed by atoms with E-state index in [9.17, 15) is 17.6 Å². The molecule has 1 aromatic carbocycles. The van der Waals surface area contributed by atoms with E-state index in [2.05, 4.69) is 10.0 Å². The topological polar surface area (TPSA) is 93.3 Å². The maximum Gasteiger partial charge on any atom is 0.419 e. The third kappa shape index (κ3) is 4.25. The molecule has 7 nitrogen and oxygen atoms in total. The standard InChI is InChI=1S/C19H28FN3O4S/c1-19(2,3)28(25,26)22-13-7-5-12(6-8-13)11-21-14-9-15(20)17-16(10-14)27-18(24)23(17)4/h9-10,12-13,21-22H,5-8,11H2,1-4H3. The molecule has 9 heteroatoms. The van der Waals surface area contributed by atoms with Gasteiger partial charge in [0, 0.05) is 31.4 Å². The number of oxazole rings is 1. The van der Waals surface area contributed by atoms with Crippen molar-refractivity contribution in [1.82, 2.24) is 9.29 Å². The number of benzene rings is 1. The largest absolute Gasteiger partial charge is 0.419 e. The molecule has 2 N–H and O–H groups in total. The lowest BCUT2D eigenvalue weighted by molar-refractivity contribution is 0.322. The molecule has 1 aromatic heterocycles. The van der Waals surface area contributed by atoms with Crippen molar-refractivity contribution in [2.75, 3.05) is 11.9 Å². The van der Waals surface area contributed by atoms with Crippen LogP contribution < -0.4 is 15.8 Å². The van der Waals surface area contributed by atoms with Crippen LogP contribution in [0.2, 0.25) is 0 Å². The highest BCUT2D eigenvalue weighted by Crippen LogP contribution is 2.28. The third-order valence-corrected chi connectivity index (χ3v) is 7.66. The first-order valence-corrected chi connectivity index (χ1v) is 11.0. The first kappa shape index (κ1) is 20.9. The molecule has 0 unspecified atom stereocenters. The van der Waals surface area contributed by atoms with E-state index in [0.717, 1.165) is 30.3 Å². The Hall–Kier alpha value is -1.87. The Balaban J connectivity index is 1.56. The lowest BCUT2D eigenvalue weighted by atomic mass is 9.86. The summed E-state index contributed by atoms with van der Waals surface area (Å²) in [7, 11) is -1.87. The molecule has 0 saturated heterocycles. The molecular weight excluding hydrogens is 385 g/mol. The molecule has 0 atom stereocenters. The number of rotatable bonds is 5. The molecule has 2 aromatic rings. The van der Waals surface area contributed by atoms with E-state index in [1.807, 2.05) is 0 Å². The number of nitrogens with zero attached hydrogens (tertiary/aromatic N) is 1. The highest BCUT2D eigenvalue weighted by atomic mass is 32.2. The van der Waals surface area contributed by atoms with Gasteiger partial charge in [-0.3, -0.25) is 4.57 Å². The van der Waals surface area contributed by atoms with Gasteiger partial charge < -0.3 is 9.73 Å². The molecule has 0 spiro atoms. The van der Waals surface area contributed by atoms with E-state index in [0.29, 0.717) is 18.2 Å². The van der Waals surface area contributed by atoms with Gasteiger partial charge in [-0.25, -0.2) is 22.3 Å². The first-order valence-electron chi connectivity index (χ1n) is 9.53. The van der Waals surface area contributed by atoms with E-state index < -0.39 is 26.3 Å². The van der Waals surface area contributed by atoms with Crippen LogP contribution in [0.3, 0.4) is 0 Å². The first-order chi connectivity index (χ1) is 13.0. The number of aryl methyl sites for hydroxylation is 1. The minimum absolute atomic E-state index is 0.0344. The summed E-state index contributed by atoms with van der Waals surface area (Å²) in [6.45, 7) is 5.72. The fourth-order valence-electron chi connectivity index (χ4n) is 3.48.